The van der Waals surface area contributed by atoms with Gasteiger partial charge in [-0.3, -0.25) is 4.90 Å². The second-order valence-corrected chi connectivity index (χ2v) is 11.4. The molecule has 3 aromatic carbocycles. The Balaban J connectivity index is 1.48. The Morgan fingerprint density at radius 2 is 1.58 bits per heavy atom. The maximum atomic E-state index is 13.4. The minimum atomic E-state index is -3.68. The number of piperidine rings is 1. The Morgan fingerprint density at radius 1 is 0.917 bits per heavy atom. The highest BCUT2D eigenvalue weighted by atomic mass is 32.2. The number of rotatable bonds is 9. The largest absolute Gasteiger partial charge is 0.457 e. The molecule has 36 heavy (non-hydrogen) atoms. The van der Waals surface area contributed by atoms with Crippen molar-refractivity contribution in [2.24, 2.45) is 0 Å². The van der Waals surface area contributed by atoms with Crippen LogP contribution in [0.15, 0.2) is 77.7 Å². The number of likely N-dealkylation sites (tertiary alicyclic amines) is 1. The monoisotopic (exact) mass is 508 g/mol. The summed E-state index contributed by atoms with van der Waals surface area (Å²) >= 11 is 0. The zero-order valence-corrected chi connectivity index (χ0v) is 22.2. The maximum Gasteiger partial charge on any atom is 0.243 e. The number of benzene rings is 3. The Morgan fingerprint density at radius 3 is 2.25 bits per heavy atom. The molecule has 1 saturated heterocycles. The topological polar surface area (TPSA) is 70.1 Å². The third kappa shape index (κ3) is 5.81. The van der Waals surface area contributed by atoms with Crippen molar-refractivity contribution in [2.75, 3.05) is 26.2 Å². The van der Waals surface area contributed by atoms with E-state index in [-0.39, 0.29) is 4.90 Å². The number of ether oxygens (including phenoxy) is 1. The molecule has 0 unspecified atom stereocenters. The third-order valence-corrected chi connectivity index (χ3v) is 9.03. The highest BCUT2D eigenvalue weighted by Crippen LogP contribution is 2.38. The molecule has 1 fully saturated rings. The molecular formula is C29H36N2O4S. The molecule has 3 aromatic rings. The first kappa shape index (κ1) is 26.4. The summed E-state index contributed by atoms with van der Waals surface area (Å²) in [5, 5.41) is 11.7. The van der Waals surface area contributed by atoms with E-state index >= 15 is 0 Å². The summed E-state index contributed by atoms with van der Waals surface area (Å²) in [6.45, 7) is 8.46. The fraction of sp³-hybridized carbons (Fsp3) is 0.379. The Kier molecular flexibility index (Phi) is 8.15. The summed E-state index contributed by atoms with van der Waals surface area (Å²) in [6, 6.07) is 23.1. The fourth-order valence-corrected chi connectivity index (χ4v) is 6.60. The highest BCUT2D eigenvalue weighted by molar-refractivity contribution is 7.89. The average Bonchev–Trinajstić information content (AvgIpc) is 2.87. The van der Waals surface area contributed by atoms with Gasteiger partial charge in [0.05, 0.1) is 10.5 Å². The SMILES string of the molecule is CCN(CC)S(=O)(=O)c1ccc(C)cc1C1(O)CCN(Cc2cccc(Oc3ccccc3)c2)CC1. The van der Waals surface area contributed by atoms with Crippen LogP contribution in [0, 0.1) is 6.92 Å². The predicted molar refractivity (Wildman–Crippen MR) is 143 cm³/mol. The van der Waals surface area contributed by atoms with Crippen LogP contribution in [0.2, 0.25) is 0 Å². The molecule has 0 aliphatic carbocycles. The van der Waals surface area contributed by atoms with Gasteiger partial charge >= 0.3 is 0 Å². The highest BCUT2D eigenvalue weighted by Gasteiger charge is 2.39. The van der Waals surface area contributed by atoms with Gasteiger partial charge in [-0.25, -0.2) is 8.42 Å². The van der Waals surface area contributed by atoms with Crippen LogP contribution in [-0.4, -0.2) is 48.9 Å². The Bertz CT molecular complexity index is 1270. The molecule has 0 saturated carbocycles. The molecule has 7 heteroatoms. The van der Waals surface area contributed by atoms with Gasteiger partial charge < -0.3 is 9.84 Å². The molecule has 0 spiro atoms. The van der Waals surface area contributed by atoms with Crippen molar-refractivity contribution >= 4 is 10.0 Å². The van der Waals surface area contributed by atoms with Crippen LogP contribution in [0.4, 0.5) is 0 Å². The summed E-state index contributed by atoms with van der Waals surface area (Å²) in [4.78, 5) is 2.52. The molecule has 1 N–H and O–H groups in total. The molecule has 4 rings (SSSR count). The van der Waals surface area contributed by atoms with Gasteiger partial charge in [0.1, 0.15) is 11.5 Å². The zero-order chi connectivity index (χ0) is 25.8. The van der Waals surface area contributed by atoms with Gasteiger partial charge in [-0.1, -0.05) is 61.9 Å². The lowest BCUT2D eigenvalue weighted by Gasteiger charge is -2.39. The van der Waals surface area contributed by atoms with Gasteiger partial charge in [-0.05, 0) is 55.7 Å². The number of aryl methyl sites for hydroxylation is 1. The lowest BCUT2D eigenvalue weighted by molar-refractivity contribution is -0.0300. The number of hydrogen-bond donors (Lipinski definition) is 1. The van der Waals surface area contributed by atoms with Gasteiger partial charge in [0.25, 0.3) is 0 Å². The third-order valence-electron chi connectivity index (χ3n) is 6.93. The molecule has 6 nitrogen and oxygen atoms in total. The molecule has 0 aromatic heterocycles. The second kappa shape index (κ2) is 11.1. The van der Waals surface area contributed by atoms with Crippen LogP contribution in [0.3, 0.4) is 0 Å². The predicted octanol–water partition coefficient (Wildman–Crippen LogP) is 5.30. The molecule has 0 atom stereocenters. The van der Waals surface area contributed by atoms with E-state index in [2.05, 4.69) is 11.0 Å². The first-order chi connectivity index (χ1) is 17.2. The molecule has 0 radical (unpaired) electrons. The van der Waals surface area contributed by atoms with E-state index in [1.165, 1.54) is 4.31 Å². The van der Waals surface area contributed by atoms with Crippen molar-refractivity contribution in [2.45, 2.75) is 50.7 Å². The summed E-state index contributed by atoms with van der Waals surface area (Å²) in [6.07, 6.45) is 0.939. The minimum Gasteiger partial charge on any atom is -0.457 e. The van der Waals surface area contributed by atoms with E-state index in [9.17, 15) is 13.5 Å². The van der Waals surface area contributed by atoms with Crippen molar-refractivity contribution in [3.05, 3.63) is 89.5 Å². The van der Waals surface area contributed by atoms with Crippen molar-refractivity contribution in [3.63, 3.8) is 0 Å². The lowest BCUT2D eigenvalue weighted by Crippen LogP contribution is -2.43. The minimum absolute atomic E-state index is 0.221. The van der Waals surface area contributed by atoms with Crippen LogP contribution < -0.4 is 4.74 Å². The smallest absolute Gasteiger partial charge is 0.243 e. The van der Waals surface area contributed by atoms with Gasteiger partial charge in [-0.2, -0.15) is 4.31 Å². The second-order valence-electron chi connectivity index (χ2n) is 9.46. The van der Waals surface area contributed by atoms with Crippen molar-refractivity contribution < 1.29 is 18.3 Å². The molecular weight excluding hydrogens is 472 g/mol. The molecule has 0 amide bonds. The Labute approximate surface area is 215 Å². The fourth-order valence-electron chi connectivity index (χ4n) is 4.88. The van der Waals surface area contributed by atoms with E-state index in [0.717, 1.165) is 29.2 Å². The zero-order valence-electron chi connectivity index (χ0n) is 21.4. The molecule has 1 heterocycles. The van der Waals surface area contributed by atoms with Gasteiger partial charge in [0.2, 0.25) is 10.0 Å². The molecule has 1 aliphatic heterocycles. The van der Waals surface area contributed by atoms with Gasteiger partial charge in [-0.15, -0.1) is 0 Å². The van der Waals surface area contributed by atoms with E-state index < -0.39 is 15.6 Å². The van der Waals surface area contributed by atoms with Crippen LogP contribution in [0.5, 0.6) is 11.5 Å². The van der Waals surface area contributed by atoms with E-state index in [4.69, 9.17) is 4.74 Å². The number of sulfonamides is 1. The summed E-state index contributed by atoms with van der Waals surface area (Å²) in [5.74, 6) is 1.59. The van der Waals surface area contributed by atoms with Crippen molar-refractivity contribution in [3.8, 4) is 11.5 Å². The average molecular weight is 509 g/mol. The number of para-hydroxylation sites is 1. The van der Waals surface area contributed by atoms with Gasteiger partial charge in [0.15, 0.2) is 0 Å². The summed E-state index contributed by atoms with van der Waals surface area (Å²) < 4.78 is 34.2. The van der Waals surface area contributed by atoms with Crippen molar-refractivity contribution in [1.82, 2.24) is 9.21 Å². The van der Waals surface area contributed by atoms with E-state index in [1.807, 2.05) is 81.4 Å². The lowest BCUT2D eigenvalue weighted by atomic mass is 9.83. The molecule has 0 bridgehead atoms. The summed E-state index contributed by atoms with van der Waals surface area (Å²) in [5.41, 5.74) is 1.41. The first-order valence-electron chi connectivity index (χ1n) is 12.6. The number of aliphatic hydroxyl groups is 1. The molecule has 1 aliphatic rings. The van der Waals surface area contributed by atoms with Crippen LogP contribution >= 0.6 is 0 Å². The van der Waals surface area contributed by atoms with E-state index in [0.29, 0.717) is 44.6 Å². The summed E-state index contributed by atoms with van der Waals surface area (Å²) in [7, 11) is -3.68. The van der Waals surface area contributed by atoms with Crippen molar-refractivity contribution in [1.29, 1.82) is 0 Å². The normalized spacial score (nSPS) is 16.2. The van der Waals surface area contributed by atoms with Gasteiger partial charge in [0, 0.05) is 38.3 Å². The van der Waals surface area contributed by atoms with Crippen LogP contribution in [0.25, 0.3) is 0 Å². The van der Waals surface area contributed by atoms with E-state index in [1.54, 1.807) is 6.07 Å². The number of hydrogen-bond acceptors (Lipinski definition) is 5. The standard InChI is InChI=1S/C29H36N2O4S/c1-4-31(5-2)36(33,34)28-15-14-23(3)20-27(28)29(32)16-18-30(19-17-29)22-24-10-9-13-26(21-24)35-25-11-7-6-8-12-25/h6-15,20-21,32H,4-5,16-19,22H2,1-3H3. The van der Waals surface area contributed by atoms with Crippen LogP contribution in [0.1, 0.15) is 43.4 Å². The quantitative estimate of drug-likeness (QED) is 0.425. The number of nitrogens with zero attached hydrogens (tertiary/aromatic N) is 2. The first-order valence-corrected chi connectivity index (χ1v) is 14.1. The molecule has 192 valence electrons. The Hall–Kier alpha value is -2.71. The maximum absolute atomic E-state index is 13.4. The van der Waals surface area contributed by atoms with Crippen LogP contribution in [-0.2, 0) is 22.2 Å².